The number of aliphatic hydroxyl groups is 4. The van der Waals surface area contributed by atoms with E-state index in [1.54, 1.807) is 13.0 Å². The van der Waals surface area contributed by atoms with Crippen LogP contribution in [0.2, 0.25) is 0 Å². The SMILES string of the molecule is CC(=O)O[C@]12CCC(C(=O)O)=CC[C@]13CC[C@H]2[C@@](C)(/C=C/C=C(\C)C(=O)O[C@@H]1O[C@H](CO)[C@@H](O)[C@H](O)[C@H]1O)OC3=O. The Balaban J connectivity index is 1.55. The second kappa shape index (κ2) is 11.3. The van der Waals surface area contributed by atoms with E-state index in [0.29, 0.717) is 12.8 Å². The predicted octanol–water partition coefficient (Wildman–Crippen LogP) is 0.0407. The number of carboxylic acid groups (broad SMARTS) is 1. The van der Waals surface area contributed by atoms with Crippen LogP contribution in [-0.2, 0) is 38.1 Å². The topological polar surface area (TPSA) is 206 Å². The van der Waals surface area contributed by atoms with Crippen molar-refractivity contribution in [3.63, 3.8) is 0 Å². The van der Waals surface area contributed by atoms with Gasteiger partial charge >= 0.3 is 23.9 Å². The third kappa shape index (κ3) is 5.21. The van der Waals surface area contributed by atoms with Crippen molar-refractivity contribution in [3.8, 4) is 0 Å². The van der Waals surface area contributed by atoms with Crippen LogP contribution in [0.3, 0.4) is 0 Å². The van der Waals surface area contributed by atoms with Crippen LogP contribution in [-0.4, -0.2) is 97.9 Å². The fourth-order valence-corrected chi connectivity index (χ4v) is 6.69. The van der Waals surface area contributed by atoms with Crippen molar-refractivity contribution >= 4 is 23.9 Å². The van der Waals surface area contributed by atoms with Crippen LogP contribution >= 0.6 is 0 Å². The number of carbonyl (C=O) groups is 4. The van der Waals surface area contributed by atoms with Gasteiger partial charge in [-0.25, -0.2) is 9.59 Å². The number of carboxylic acids is 1. The maximum absolute atomic E-state index is 13.6. The zero-order valence-electron chi connectivity index (χ0n) is 23.0. The summed E-state index contributed by atoms with van der Waals surface area (Å²) >= 11 is 0. The highest BCUT2D eigenvalue weighted by Gasteiger charge is 2.74. The summed E-state index contributed by atoms with van der Waals surface area (Å²) in [4.78, 5) is 50.3. The first-order valence-electron chi connectivity index (χ1n) is 13.4. The van der Waals surface area contributed by atoms with Crippen LogP contribution in [0.1, 0.15) is 52.9 Å². The third-order valence-electron chi connectivity index (χ3n) is 8.86. The molecular formula is C28H36O13. The van der Waals surface area contributed by atoms with Gasteiger partial charge in [-0.1, -0.05) is 18.2 Å². The molecule has 2 aliphatic heterocycles. The Morgan fingerprint density at radius 2 is 1.83 bits per heavy atom. The van der Waals surface area contributed by atoms with Crippen molar-refractivity contribution in [3.05, 3.63) is 35.5 Å². The molecule has 2 saturated heterocycles. The van der Waals surface area contributed by atoms with E-state index in [-0.39, 0.29) is 30.4 Å². The first-order chi connectivity index (χ1) is 19.2. The highest BCUT2D eigenvalue weighted by molar-refractivity contribution is 5.89. The number of rotatable bonds is 7. The first kappa shape index (κ1) is 30.8. The number of esters is 3. The summed E-state index contributed by atoms with van der Waals surface area (Å²) in [6, 6.07) is 0. The fraction of sp³-hybridized carbons (Fsp3) is 0.643. The molecule has 226 valence electrons. The van der Waals surface area contributed by atoms with Gasteiger partial charge in [-0.05, 0) is 52.0 Å². The van der Waals surface area contributed by atoms with Crippen LogP contribution in [0, 0.1) is 11.3 Å². The number of aliphatic hydroxyl groups excluding tert-OH is 4. The Kier molecular flexibility index (Phi) is 8.50. The van der Waals surface area contributed by atoms with Crippen molar-refractivity contribution in [2.24, 2.45) is 11.3 Å². The Bertz CT molecular complexity index is 1190. The zero-order valence-corrected chi connectivity index (χ0v) is 23.0. The van der Waals surface area contributed by atoms with E-state index >= 15 is 0 Å². The molecule has 0 unspecified atom stereocenters. The van der Waals surface area contributed by atoms with E-state index in [4.69, 9.17) is 18.9 Å². The number of allylic oxidation sites excluding steroid dienone is 3. The largest absolute Gasteiger partial charge is 0.478 e. The van der Waals surface area contributed by atoms with Crippen LogP contribution in [0.4, 0.5) is 0 Å². The zero-order chi connectivity index (χ0) is 30.3. The van der Waals surface area contributed by atoms with Gasteiger partial charge in [0, 0.05) is 24.0 Å². The molecular weight excluding hydrogens is 544 g/mol. The lowest BCUT2D eigenvalue weighted by Gasteiger charge is -2.54. The van der Waals surface area contributed by atoms with E-state index in [1.807, 2.05) is 0 Å². The van der Waals surface area contributed by atoms with E-state index in [9.17, 15) is 44.7 Å². The minimum Gasteiger partial charge on any atom is -0.478 e. The van der Waals surface area contributed by atoms with Crippen molar-refractivity contribution in [1.82, 2.24) is 0 Å². The minimum absolute atomic E-state index is 0.0455. The van der Waals surface area contributed by atoms with Crippen LogP contribution < -0.4 is 0 Å². The highest BCUT2D eigenvalue weighted by Crippen LogP contribution is 2.65. The summed E-state index contributed by atoms with van der Waals surface area (Å²) in [7, 11) is 0. The lowest BCUT2D eigenvalue weighted by Crippen LogP contribution is -2.65. The predicted molar refractivity (Wildman–Crippen MR) is 136 cm³/mol. The summed E-state index contributed by atoms with van der Waals surface area (Å²) in [5.74, 6) is -3.69. The quantitative estimate of drug-likeness (QED) is 0.117. The summed E-state index contributed by atoms with van der Waals surface area (Å²) < 4.78 is 22.2. The Morgan fingerprint density at radius 1 is 1.12 bits per heavy atom. The Labute approximate surface area is 236 Å². The van der Waals surface area contributed by atoms with E-state index in [0.717, 1.165) is 0 Å². The van der Waals surface area contributed by atoms with Gasteiger partial charge in [-0.3, -0.25) is 9.59 Å². The number of aliphatic carboxylic acids is 1. The summed E-state index contributed by atoms with van der Waals surface area (Å²) in [5.41, 5.74) is -3.58. The molecule has 2 bridgehead atoms. The second-order valence-electron chi connectivity index (χ2n) is 11.3. The fourth-order valence-electron chi connectivity index (χ4n) is 6.69. The monoisotopic (exact) mass is 580 g/mol. The van der Waals surface area contributed by atoms with E-state index in [1.165, 1.54) is 32.1 Å². The second-order valence-corrected chi connectivity index (χ2v) is 11.3. The molecule has 2 aliphatic carbocycles. The van der Waals surface area contributed by atoms with Gasteiger partial charge in [0.15, 0.2) is 0 Å². The molecule has 0 radical (unpaired) electrons. The molecule has 13 nitrogen and oxygen atoms in total. The van der Waals surface area contributed by atoms with Crippen molar-refractivity contribution in [2.45, 2.75) is 94.8 Å². The molecule has 9 atom stereocenters. The van der Waals surface area contributed by atoms with Gasteiger partial charge in [0.1, 0.15) is 41.0 Å². The molecule has 13 heteroatoms. The molecule has 0 aromatic rings. The Morgan fingerprint density at radius 3 is 2.46 bits per heavy atom. The summed E-state index contributed by atoms with van der Waals surface area (Å²) in [6.07, 6.45) is -0.900. The summed E-state index contributed by atoms with van der Waals surface area (Å²) in [6.45, 7) is 3.65. The molecule has 3 fully saturated rings. The summed E-state index contributed by atoms with van der Waals surface area (Å²) in [5, 5.41) is 48.8. The van der Waals surface area contributed by atoms with E-state index < -0.39 is 83.7 Å². The molecule has 41 heavy (non-hydrogen) atoms. The minimum atomic E-state index is -1.75. The number of cyclic esters (lactones) is 1. The van der Waals surface area contributed by atoms with Crippen LogP contribution in [0.25, 0.3) is 0 Å². The van der Waals surface area contributed by atoms with Crippen LogP contribution in [0.5, 0.6) is 0 Å². The van der Waals surface area contributed by atoms with Gasteiger partial charge < -0.3 is 44.5 Å². The molecule has 0 amide bonds. The molecule has 0 aromatic heterocycles. The molecule has 1 saturated carbocycles. The number of carbonyl (C=O) groups excluding carboxylic acids is 3. The number of hydrogen-bond acceptors (Lipinski definition) is 12. The first-order valence-corrected chi connectivity index (χ1v) is 13.4. The molecule has 0 spiro atoms. The van der Waals surface area contributed by atoms with Crippen LogP contribution in [0.15, 0.2) is 35.5 Å². The molecule has 5 N–H and O–H groups in total. The smallest absolute Gasteiger partial charge is 0.336 e. The lowest BCUT2D eigenvalue weighted by atomic mass is 9.62. The molecule has 0 aromatic carbocycles. The number of ether oxygens (including phenoxy) is 4. The maximum Gasteiger partial charge on any atom is 0.336 e. The van der Waals surface area contributed by atoms with Crippen molar-refractivity contribution < 1.29 is 63.7 Å². The van der Waals surface area contributed by atoms with Gasteiger partial charge in [-0.15, -0.1) is 0 Å². The Hall–Kier alpha value is -3.10. The van der Waals surface area contributed by atoms with Gasteiger partial charge in [0.25, 0.3) is 0 Å². The van der Waals surface area contributed by atoms with E-state index in [2.05, 4.69) is 0 Å². The molecule has 4 aliphatic rings. The standard InChI is InChI=1S/C28H36O13/c1-14(23(36)39-24-21(33)20(32)19(31)17(13-29)38-24)5-4-9-26(3)18-8-11-27(25(37)41-26)10-6-16(22(34)35)7-12-28(18,27)40-15(2)30/h4-6,9,17-21,24,29,31-33H,7-8,10-13H2,1-3H3,(H,34,35)/b9-4+,14-5+/t17-,18+,19-,20+,21-,24+,26-,27-,28+/m1/s1. The van der Waals surface area contributed by atoms with Crippen molar-refractivity contribution in [2.75, 3.05) is 6.61 Å². The van der Waals surface area contributed by atoms with Gasteiger partial charge in [-0.2, -0.15) is 0 Å². The number of hydrogen-bond donors (Lipinski definition) is 5. The van der Waals surface area contributed by atoms with Gasteiger partial charge in [0.2, 0.25) is 6.29 Å². The average molecular weight is 581 g/mol. The normalized spacial score (nSPS) is 40.7. The molecule has 4 rings (SSSR count). The average Bonchev–Trinajstić information content (AvgIpc) is 3.04. The lowest BCUT2D eigenvalue weighted by molar-refractivity contribution is -0.291. The molecule has 2 heterocycles. The maximum atomic E-state index is 13.6. The highest BCUT2D eigenvalue weighted by atomic mass is 16.7. The third-order valence-corrected chi connectivity index (χ3v) is 8.86. The van der Waals surface area contributed by atoms with Gasteiger partial charge in [0.05, 0.1) is 6.61 Å². The van der Waals surface area contributed by atoms with Crippen molar-refractivity contribution in [1.29, 1.82) is 0 Å².